The minimum Gasteiger partial charge on any atom is -0.492 e. The van der Waals surface area contributed by atoms with Crippen LogP contribution in [-0.4, -0.2) is 18.6 Å². The summed E-state index contributed by atoms with van der Waals surface area (Å²) in [6, 6.07) is 13.3. The molecule has 0 aliphatic heterocycles. The van der Waals surface area contributed by atoms with Gasteiger partial charge in [-0.05, 0) is 57.0 Å². The number of amides is 1. The van der Waals surface area contributed by atoms with Gasteiger partial charge in [-0.1, -0.05) is 24.3 Å². The van der Waals surface area contributed by atoms with E-state index in [9.17, 15) is 4.79 Å². The highest BCUT2D eigenvalue weighted by molar-refractivity contribution is 5.95. The Morgan fingerprint density at radius 3 is 2.61 bits per heavy atom. The molecule has 0 fully saturated rings. The van der Waals surface area contributed by atoms with Gasteiger partial charge in [0.25, 0.3) is 5.91 Å². The van der Waals surface area contributed by atoms with Gasteiger partial charge in [0.05, 0.1) is 12.3 Å². The van der Waals surface area contributed by atoms with Crippen LogP contribution in [0, 0.1) is 13.8 Å². The zero-order valence-corrected chi connectivity index (χ0v) is 14.1. The van der Waals surface area contributed by atoms with Crippen molar-refractivity contribution >= 4 is 11.6 Å². The van der Waals surface area contributed by atoms with Gasteiger partial charge >= 0.3 is 0 Å². The van der Waals surface area contributed by atoms with E-state index in [1.165, 1.54) is 0 Å². The summed E-state index contributed by atoms with van der Waals surface area (Å²) in [4.78, 5) is 12.4. The van der Waals surface area contributed by atoms with Gasteiger partial charge in [-0.25, -0.2) is 0 Å². The number of hydrogen-bond acceptors (Lipinski definition) is 3. The van der Waals surface area contributed by atoms with Crippen LogP contribution < -0.4 is 14.8 Å². The van der Waals surface area contributed by atoms with Gasteiger partial charge in [0.2, 0.25) is 0 Å². The van der Waals surface area contributed by atoms with Gasteiger partial charge in [0.15, 0.2) is 6.10 Å². The molecule has 0 heterocycles. The van der Waals surface area contributed by atoms with Crippen molar-refractivity contribution in [3.63, 3.8) is 0 Å². The minimum absolute atomic E-state index is 0.210. The molecular weight excluding hydrogens is 290 g/mol. The number of rotatable bonds is 6. The molecule has 0 aliphatic rings. The maximum absolute atomic E-state index is 12.4. The first kappa shape index (κ1) is 16.9. The normalized spacial score (nSPS) is 11.7. The molecule has 2 rings (SSSR count). The Labute approximate surface area is 137 Å². The first-order valence-corrected chi connectivity index (χ1v) is 7.78. The van der Waals surface area contributed by atoms with Crippen molar-refractivity contribution in [1.82, 2.24) is 0 Å². The van der Waals surface area contributed by atoms with E-state index in [4.69, 9.17) is 9.47 Å². The molecule has 1 N–H and O–H groups in total. The maximum Gasteiger partial charge on any atom is 0.265 e. The van der Waals surface area contributed by atoms with Crippen molar-refractivity contribution in [3.05, 3.63) is 53.6 Å². The number of ether oxygens (including phenoxy) is 2. The molecule has 0 aromatic heterocycles. The summed E-state index contributed by atoms with van der Waals surface area (Å²) in [5.41, 5.74) is 2.75. The molecule has 0 bridgehead atoms. The van der Waals surface area contributed by atoms with Crippen molar-refractivity contribution in [2.24, 2.45) is 0 Å². The molecule has 0 radical (unpaired) electrons. The van der Waals surface area contributed by atoms with E-state index in [-0.39, 0.29) is 5.91 Å². The molecule has 122 valence electrons. The molecule has 0 spiro atoms. The number of carbonyl (C=O) groups excluding carboxylic acids is 1. The number of benzene rings is 2. The Morgan fingerprint density at radius 1 is 1.13 bits per heavy atom. The molecule has 2 aromatic rings. The first-order valence-electron chi connectivity index (χ1n) is 7.78. The standard InChI is InChI=1S/C19H23NO3/c1-5-22-17-9-7-6-8-16(17)20-19(21)15(4)23-18-12-13(2)10-11-14(18)3/h6-12,15H,5H2,1-4H3,(H,20,21). The Bertz CT molecular complexity index is 682. The summed E-state index contributed by atoms with van der Waals surface area (Å²) in [6.07, 6.45) is -0.606. The average Bonchev–Trinajstić information content (AvgIpc) is 2.53. The van der Waals surface area contributed by atoms with Gasteiger partial charge in [-0.15, -0.1) is 0 Å². The van der Waals surface area contributed by atoms with Crippen LogP contribution in [0.25, 0.3) is 0 Å². The minimum atomic E-state index is -0.606. The van der Waals surface area contributed by atoms with Crippen molar-refractivity contribution in [1.29, 1.82) is 0 Å². The molecule has 0 saturated heterocycles. The summed E-state index contributed by atoms with van der Waals surface area (Å²) in [5, 5.41) is 2.86. The van der Waals surface area contributed by atoms with Crippen LogP contribution in [0.4, 0.5) is 5.69 Å². The number of anilines is 1. The van der Waals surface area contributed by atoms with Crippen molar-refractivity contribution in [2.45, 2.75) is 33.8 Å². The van der Waals surface area contributed by atoms with Crippen molar-refractivity contribution in [3.8, 4) is 11.5 Å². The Morgan fingerprint density at radius 2 is 1.87 bits per heavy atom. The topological polar surface area (TPSA) is 47.6 Å². The highest BCUT2D eigenvalue weighted by Crippen LogP contribution is 2.25. The molecular formula is C19H23NO3. The second-order valence-corrected chi connectivity index (χ2v) is 5.45. The smallest absolute Gasteiger partial charge is 0.265 e. The van der Waals surface area contributed by atoms with E-state index in [0.29, 0.717) is 18.0 Å². The number of hydrogen-bond donors (Lipinski definition) is 1. The Balaban J connectivity index is 2.07. The zero-order chi connectivity index (χ0) is 16.8. The van der Waals surface area contributed by atoms with Crippen molar-refractivity contribution in [2.75, 3.05) is 11.9 Å². The maximum atomic E-state index is 12.4. The lowest BCUT2D eigenvalue weighted by Gasteiger charge is -2.18. The molecule has 1 unspecified atom stereocenters. The molecule has 23 heavy (non-hydrogen) atoms. The summed E-state index contributed by atoms with van der Waals surface area (Å²) >= 11 is 0. The highest BCUT2D eigenvalue weighted by Gasteiger charge is 2.17. The fourth-order valence-corrected chi connectivity index (χ4v) is 2.16. The summed E-state index contributed by atoms with van der Waals surface area (Å²) < 4.78 is 11.3. The second-order valence-electron chi connectivity index (χ2n) is 5.45. The predicted molar refractivity (Wildman–Crippen MR) is 92.2 cm³/mol. The fourth-order valence-electron chi connectivity index (χ4n) is 2.16. The number of para-hydroxylation sites is 2. The molecule has 0 saturated carbocycles. The lowest BCUT2D eigenvalue weighted by atomic mass is 10.1. The van der Waals surface area contributed by atoms with Crippen LogP contribution in [0.15, 0.2) is 42.5 Å². The van der Waals surface area contributed by atoms with Crippen LogP contribution in [0.3, 0.4) is 0 Å². The SMILES string of the molecule is CCOc1ccccc1NC(=O)C(C)Oc1cc(C)ccc1C. The Kier molecular flexibility index (Phi) is 5.63. The zero-order valence-electron chi connectivity index (χ0n) is 14.1. The average molecular weight is 313 g/mol. The van der Waals surface area contributed by atoms with Crippen LogP contribution in [-0.2, 0) is 4.79 Å². The lowest BCUT2D eigenvalue weighted by Crippen LogP contribution is -2.30. The molecule has 4 nitrogen and oxygen atoms in total. The second kappa shape index (κ2) is 7.68. The van der Waals surface area contributed by atoms with E-state index in [1.807, 2.05) is 63.2 Å². The van der Waals surface area contributed by atoms with Gasteiger partial charge in [0, 0.05) is 0 Å². The molecule has 1 atom stereocenters. The Hall–Kier alpha value is -2.49. The third kappa shape index (κ3) is 4.49. The van der Waals surface area contributed by atoms with E-state index < -0.39 is 6.10 Å². The monoisotopic (exact) mass is 313 g/mol. The number of nitrogens with one attached hydrogen (secondary N) is 1. The van der Waals surface area contributed by atoms with Gasteiger partial charge in [-0.3, -0.25) is 4.79 Å². The third-order valence-electron chi connectivity index (χ3n) is 3.46. The first-order chi connectivity index (χ1) is 11.0. The van der Waals surface area contributed by atoms with E-state index in [1.54, 1.807) is 6.92 Å². The van der Waals surface area contributed by atoms with Crippen LogP contribution in [0.2, 0.25) is 0 Å². The number of carbonyl (C=O) groups is 1. The van der Waals surface area contributed by atoms with E-state index >= 15 is 0 Å². The van der Waals surface area contributed by atoms with E-state index in [2.05, 4.69) is 5.32 Å². The van der Waals surface area contributed by atoms with Gasteiger partial charge < -0.3 is 14.8 Å². The predicted octanol–water partition coefficient (Wildman–Crippen LogP) is 4.11. The van der Waals surface area contributed by atoms with Gasteiger partial charge in [-0.2, -0.15) is 0 Å². The van der Waals surface area contributed by atoms with E-state index in [0.717, 1.165) is 16.9 Å². The molecule has 1 amide bonds. The summed E-state index contributed by atoms with van der Waals surface area (Å²) in [7, 11) is 0. The molecule has 2 aromatic carbocycles. The third-order valence-corrected chi connectivity index (χ3v) is 3.46. The largest absolute Gasteiger partial charge is 0.492 e. The van der Waals surface area contributed by atoms with Crippen LogP contribution >= 0.6 is 0 Å². The summed E-state index contributed by atoms with van der Waals surface area (Å²) in [5.74, 6) is 1.17. The fraction of sp³-hybridized carbons (Fsp3) is 0.316. The molecule has 0 aliphatic carbocycles. The number of aryl methyl sites for hydroxylation is 2. The quantitative estimate of drug-likeness (QED) is 0.873. The lowest BCUT2D eigenvalue weighted by molar-refractivity contribution is -0.122. The highest BCUT2D eigenvalue weighted by atomic mass is 16.5. The molecule has 4 heteroatoms. The van der Waals surface area contributed by atoms with Gasteiger partial charge in [0.1, 0.15) is 11.5 Å². The van der Waals surface area contributed by atoms with Crippen LogP contribution in [0.1, 0.15) is 25.0 Å². The van der Waals surface area contributed by atoms with Crippen LogP contribution in [0.5, 0.6) is 11.5 Å². The van der Waals surface area contributed by atoms with Crippen molar-refractivity contribution < 1.29 is 14.3 Å². The summed E-state index contributed by atoms with van der Waals surface area (Å²) in [6.45, 7) is 8.14.